The van der Waals surface area contributed by atoms with Crippen molar-refractivity contribution in [1.82, 2.24) is 10.4 Å². The van der Waals surface area contributed by atoms with Gasteiger partial charge in [-0.15, -0.1) is 0 Å². The van der Waals surface area contributed by atoms with Crippen LogP contribution in [0.2, 0.25) is 0 Å². The number of carbonyl (C=O) groups is 5. The molecule has 0 heterocycles. The molecule has 0 aromatic rings. The van der Waals surface area contributed by atoms with Gasteiger partial charge in [-0.2, -0.15) is 5.01 Å². The highest BCUT2D eigenvalue weighted by Gasteiger charge is 2.40. The Balaban J connectivity index is 2.97. The van der Waals surface area contributed by atoms with Gasteiger partial charge in [0.25, 0.3) is 5.91 Å². The predicted octanol–water partition coefficient (Wildman–Crippen LogP) is -0.148. The maximum atomic E-state index is 12.4. The minimum atomic E-state index is -1.33. The van der Waals surface area contributed by atoms with Crippen LogP contribution in [0, 0.1) is 5.92 Å². The van der Waals surface area contributed by atoms with Crippen molar-refractivity contribution >= 4 is 29.7 Å². The second-order valence-corrected chi connectivity index (χ2v) is 5.28. The Kier molecular flexibility index (Phi) is 6.63. The quantitative estimate of drug-likeness (QED) is 0.429. The molecule has 9 nitrogen and oxygen atoms in total. The summed E-state index contributed by atoms with van der Waals surface area (Å²) in [5, 5.41) is 0.516. The summed E-state index contributed by atoms with van der Waals surface area (Å²) in [5.74, 6) is -4.18. The predicted molar refractivity (Wildman–Crippen MR) is 79.7 cm³/mol. The fourth-order valence-electron chi connectivity index (χ4n) is 2.33. The third-order valence-corrected chi connectivity index (χ3v) is 3.25. The lowest BCUT2D eigenvalue weighted by molar-refractivity contribution is -0.166. The van der Waals surface area contributed by atoms with E-state index in [1.807, 2.05) is 0 Å². The Morgan fingerprint density at radius 2 is 1.62 bits per heavy atom. The van der Waals surface area contributed by atoms with Crippen molar-refractivity contribution in [3.63, 3.8) is 0 Å². The smallest absolute Gasteiger partial charge is 0.303 e. The Morgan fingerprint density at radius 1 is 1.04 bits per heavy atom. The Labute approximate surface area is 138 Å². The maximum Gasteiger partial charge on any atom is 0.303 e. The van der Waals surface area contributed by atoms with Gasteiger partial charge in [0.1, 0.15) is 6.10 Å². The number of nitrogens with one attached hydrogen (secondary N) is 1. The van der Waals surface area contributed by atoms with E-state index in [2.05, 4.69) is 5.43 Å². The van der Waals surface area contributed by atoms with Crippen LogP contribution in [0.5, 0.6) is 0 Å². The topological polar surface area (TPSA) is 119 Å². The average molecular weight is 340 g/mol. The van der Waals surface area contributed by atoms with Crippen molar-refractivity contribution < 1.29 is 33.4 Å². The van der Waals surface area contributed by atoms with E-state index in [-0.39, 0.29) is 0 Å². The molecular weight excluding hydrogens is 320 g/mol. The molecule has 1 rings (SSSR count). The molecule has 0 fully saturated rings. The molecule has 0 saturated heterocycles. The largest absolute Gasteiger partial charge is 0.458 e. The molecule has 0 unspecified atom stereocenters. The van der Waals surface area contributed by atoms with Crippen LogP contribution in [-0.2, 0) is 33.4 Å². The van der Waals surface area contributed by atoms with Crippen molar-refractivity contribution in [1.29, 1.82) is 0 Å². The molecule has 0 saturated carbocycles. The van der Waals surface area contributed by atoms with E-state index >= 15 is 0 Å². The van der Waals surface area contributed by atoms with Crippen LogP contribution in [0.1, 0.15) is 34.1 Å². The lowest BCUT2D eigenvalue weighted by atomic mass is 9.96. The molecule has 9 heteroatoms. The minimum Gasteiger partial charge on any atom is -0.458 e. The van der Waals surface area contributed by atoms with Gasteiger partial charge in [-0.25, -0.2) is 0 Å². The first-order chi connectivity index (χ1) is 11.1. The summed E-state index contributed by atoms with van der Waals surface area (Å²) in [5.41, 5.74) is 2.12. The lowest BCUT2D eigenvalue weighted by Gasteiger charge is -2.28. The Bertz CT molecular complexity index is 570. The van der Waals surface area contributed by atoms with Gasteiger partial charge >= 0.3 is 11.9 Å². The molecule has 1 N–H and O–H groups in total. The fourth-order valence-corrected chi connectivity index (χ4v) is 2.33. The van der Waals surface area contributed by atoms with E-state index < -0.39 is 47.8 Å². The van der Waals surface area contributed by atoms with E-state index in [9.17, 15) is 24.0 Å². The number of hydrogen-bond donors (Lipinski definition) is 1. The van der Waals surface area contributed by atoms with Gasteiger partial charge in [0.05, 0.1) is 0 Å². The number of allylic oxidation sites excluding steroid dienone is 1. The maximum absolute atomic E-state index is 12.4. The number of carbonyl (C=O) groups excluding carboxylic acids is 5. The van der Waals surface area contributed by atoms with Crippen molar-refractivity contribution in [2.75, 3.05) is 0 Å². The van der Waals surface area contributed by atoms with Crippen LogP contribution in [0.25, 0.3) is 0 Å². The van der Waals surface area contributed by atoms with Crippen LogP contribution >= 0.6 is 0 Å². The molecule has 1 aliphatic rings. The molecule has 3 atom stereocenters. The summed E-state index contributed by atoms with van der Waals surface area (Å²) >= 11 is 0. The number of ether oxygens (including phenoxy) is 2. The van der Waals surface area contributed by atoms with Crippen molar-refractivity contribution in [3.8, 4) is 0 Å². The molecule has 3 amide bonds. The Morgan fingerprint density at radius 3 is 2.08 bits per heavy atom. The number of esters is 2. The van der Waals surface area contributed by atoms with Crippen molar-refractivity contribution in [3.05, 3.63) is 12.2 Å². The number of imide groups is 1. The standard InChI is InChI=1S/C15H20N2O7/c1-8(18)17(9(2)19)16-15(22)14(24-11(4)21)12-6-5-7-13(12)23-10(3)20/h5,7,12-14H,6H2,1-4H3,(H,16,22)/t12-,13+,14-/m0/s1. The molecule has 0 aromatic carbocycles. The summed E-state index contributed by atoms with van der Waals surface area (Å²) in [6, 6.07) is 0. The van der Waals surface area contributed by atoms with Crippen LogP contribution in [0.4, 0.5) is 0 Å². The molecular formula is C15H20N2O7. The first-order valence-electron chi connectivity index (χ1n) is 7.26. The summed E-state index contributed by atoms with van der Waals surface area (Å²) < 4.78 is 10.1. The van der Waals surface area contributed by atoms with E-state index in [1.54, 1.807) is 12.2 Å². The van der Waals surface area contributed by atoms with Gasteiger partial charge in [-0.05, 0) is 12.5 Å². The van der Waals surface area contributed by atoms with Crippen LogP contribution in [0.3, 0.4) is 0 Å². The molecule has 0 bridgehead atoms. The molecule has 0 aliphatic heterocycles. The molecule has 0 radical (unpaired) electrons. The summed E-state index contributed by atoms with van der Waals surface area (Å²) in [7, 11) is 0. The first kappa shape index (κ1) is 19.3. The Hall–Kier alpha value is -2.71. The van der Waals surface area contributed by atoms with Gasteiger partial charge in [-0.1, -0.05) is 6.08 Å². The van der Waals surface area contributed by atoms with Gasteiger partial charge in [0.15, 0.2) is 6.10 Å². The van der Waals surface area contributed by atoms with E-state index in [1.165, 1.54) is 6.92 Å². The van der Waals surface area contributed by atoms with Crippen LogP contribution in [0.15, 0.2) is 12.2 Å². The minimum absolute atomic E-state index is 0.323. The van der Waals surface area contributed by atoms with Crippen LogP contribution < -0.4 is 5.43 Å². The highest BCUT2D eigenvalue weighted by Crippen LogP contribution is 2.27. The monoisotopic (exact) mass is 340 g/mol. The van der Waals surface area contributed by atoms with E-state index in [4.69, 9.17) is 9.47 Å². The number of amides is 3. The zero-order chi connectivity index (χ0) is 18.4. The third-order valence-electron chi connectivity index (χ3n) is 3.25. The molecule has 1 aliphatic carbocycles. The summed E-state index contributed by atoms with van der Waals surface area (Å²) in [4.78, 5) is 57.7. The zero-order valence-electron chi connectivity index (χ0n) is 13.9. The summed E-state index contributed by atoms with van der Waals surface area (Å²) in [6.45, 7) is 4.54. The second kappa shape index (κ2) is 8.23. The van der Waals surface area contributed by atoms with Gasteiger partial charge < -0.3 is 9.47 Å². The third kappa shape index (κ3) is 5.18. The lowest BCUT2D eigenvalue weighted by Crippen LogP contribution is -2.54. The molecule has 0 aromatic heterocycles. The second-order valence-electron chi connectivity index (χ2n) is 5.28. The SMILES string of the molecule is CC(=O)O[C@H](C(=O)NN(C(C)=O)C(C)=O)[C@H]1CC=C[C@H]1OC(C)=O. The van der Waals surface area contributed by atoms with Crippen molar-refractivity contribution in [2.24, 2.45) is 5.92 Å². The molecule has 0 spiro atoms. The number of nitrogens with zero attached hydrogens (tertiary/aromatic N) is 1. The average Bonchev–Trinajstić information content (AvgIpc) is 2.87. The van der Waals surface area contributed by atoms with E-state index in [0.717, 1.165) is 20.8 Å². The highest BCUT2D eigenvalue weighted by atomic mass is 16.6. The van der Waals surface area contributed by atoms with Gasteiger partial charge in [0.2, 0.25) is 11.8 Å². The highest BCUT2D eigenvalue weighted by molar-refractivity contribution is 5.96. The number of hydrogen-bond acceptors (Lipinski definition) is 7. The van der Waals surface area contributed by atoms with Crippen molar-refractivity contribution in [2.45, 2.75) is 46.3 Å². The number of rotatable bonds is 4. The first-order valence-corrected chi connectivity index (χ1v) is 7.26. The normalized spacial score (nSPS) is 20.0. The number of hydrazine groups is 1. The zero-order valence-corrected chi connectivity index (χ0v) is 13.9. The van der Waals surface area contributed by atoms with Gasteiger partial charge in [-0.3, -0.25) is 29.4 Å². The van der Waals surface area contributed by atoms with Crippen LogP contribution in [-0.4, -0.2) is 46.9 Å². The summed E-state index contributed by atoms with van der Waals surface area (Å²) in [6.07, 6.45) is 1.52. The van der Waals surface area contributed by atoms with Gasteiger partial charge in [0, 0.05) is 33.6 Å². The van der Waals surface area contributed by atoms with E-state index in [0.29, 0.717) is 11.4 Å². The molecule has 24 heavy (non-hydrogen) atoms. The molecule has 132 valence electrons. The fraction of sp³-hybridized carbons (Fsp3) is 0.533.